The summed E-state index contributed by atoms with van der Waals surface area (Å²) in [6, 6.07) is 9.95. The van der Waals surface area contributed by atoms with Gasteiger partial charge in [0.1, 0.15) is 5.75 Å². The summed E-state index contributed by atoms with van der Waals surface area (Å²) in [5.41, 5.74) is 1.10. The molecule has 74 valence electrons. The summed E-state index contributed by atoms with van der Waals surface area (Å²) in [6.07, 6.45) is 0. The Bertz CT molecular complexity index is 330. The number of hydrogen-bond acceptors (Lipinski definition) is 3. The summed E-state index contributed by atoms with van der Waals surface area (Å²) in [7, 11) is 3.57. The van der Waals surface area contributed by atoms with Gasteiger partial charge in [0.15, 0.2) is 0 Å². The predicted molar refractivity (Wildman–Crippen MR) is 54.9 cm³/mol. The summed E-state index contributed by atoms with van der Waals surface area (Å²) in [5.74, 6) is 0.872. The summed E-state index contributed by atoms with van der Waals surface area (Å²) >= 11 is 0. The average molecular weight is 190 g/mol. The van der Waals surface area contributed by atoms with Gasteiger partial charge in [0.25, 0.3) is 0 Å². The topological polar surface area (TPSA) is 36.3 Å². The van der Waals surface area contributed by atoms with Gasteiger partial charge in [0, 0.05) is 12.1 Å². The van der Waals surface area contributed by atoms with Crippen molar-refractivity contribution in [2.24, 2.45) is 0 Å². The van der Waals surface area contributed by atoms with Crippen molar-refractivity contribution in [2.45, 2.75) is 6.54 Å². The molecule has 0 aliphatic heterocycles. The highest BCUT2D eigenvalue weighted by Gasteiger charge is 2.04. The maximum absolute atomic E-state index is 8.52. The first-order valence-electron chi connectivity index (χ1n) is 4.45. The van der Waals surface area contributed by atoms with Crippen LogP contribution in [0.2, 0.25) is 0 Å². The van der Waals surface area contributed by atoms with Gasteiger partial charge < -0.3 is 4.74 Å². The molecule has 1 aromatic carbocycles. The van der Waals surface area contributed by atoms with Gasteiger partial charge in [-0.1, -0.05) is 18.2 Å². The van der Waals surface area contributed by atoms with Crippen molar-refractivity contribution in [1.82, 2.24) is 4.90 Å². The molecular weight excluding hydrogens is 176 g/mol. The molecule has 0 spiro atoms. The van der Waals surface area contributed by atoms with Gasteiger partial charge in [-0.05, 0) is 13.1 Å². The molecule has 1 rings (SSSR count). The van der Waals surface area contributed by atoms with E-state index in [1.165, 1.54) is 0 Å². The van der Waals surface area contributed by atoms with Crippen LogP contribution in [0.25, 0.3) is 0 Å². The molecule has 3 nitrogen and oxygen atoms in total. The Labute approximate surface area is 84.5 Å². The third-order valence-corrected chi connectivity index (χ3v) is 1.97. The van der Waals surface area contributed by atoms with Crippen LogP contribution in [0.1, 0.15) is 5.56 Å². The van der Waals surface area contributed by atoms with Gasteiger partial charge in [0.05, 0.1) is 19.7 Å². The molecule has 1 aromatic rings. The van der Waals surface area contributed by atoms with Crippen LogP contribution in [-0.4, -0.2) is 25.6 Å². The van der Waals surface area contributed by atoms with Crippen LogP contribution in [0.3, 0.4) is 0 Å². The SMILES string of the molecule is COc1ccccc1CN(C)CC#N. The molecule has 0 N–H and O–H groups in total. The minimum Gasteiger partial charge on any atom is -0.496 e. The van der Waals surface area contributed by atoms with E-state index in [1.807, 2.05) is 36.2 Å². The lowest BCUT2D eigenvalue weighted by molar-refractivity contribution is 0.350. The first-order valence-corrected chi connectivity index (χ1v) is 4.45. The molecule has 0 atom stereocenters. The Hall–Kier alpha value is -1.53. The highest BCUT2D eigenvalue weighted by Crippen LogP contribution is 2.18. The smallest absolute Gasteiger partial charge is 0.123 e. The van der Waals surface area contributed by atoms with E-state index in [9.17, 15) is 0 Å². The second kappa shape index (κ2) is 5.25. The first kappa shape index (κ1) is 10.6. The zero-order valence-electron chi connectivity index (χ0n) is 8.53. The third kappa shape index (κ3) is 2.75. The van der Waals surface area contributed by atoms with E-state index in [0.29, 0.717) is 6.54 Å². The molecule has 0 unspecified atom stereocenters. The molecule has 0 aliphatic rings. The summed E-state index contributed by atoms with van der Waals surface area (Å²) in [6.45, 7) is 1.16. The van der Waals surface area contributed by atoms with Crippen molar-refractivity contribution in [3.05, 3.63) is 29.8 Å². The van der Waals surface area contributed by atoms with Gasteiger partial charge in [-0.2, -0.15) is 5.26 Å². The summed E-state index contributed by atoms with van der Waals surface area (Å²) in [5, 5.41) is 8.52. The van der Waals surface area contributed by atoms with Crippen LogP contribution >= 0.6 is 0 Å². The Morgan fingerprint density at radius 2 is 2.14 bits per heavy atom. The van der Waals surface area contributed by atoms with Crippen LogP contribution in [0.15, 0.2) is 24.3 Å². The highest BCUT2D eigenvalue weighted by atomic mass is 16.5. The molecule has 0 saturated carbocycles. The maximum atomic E-state index is 8.52. The minimum atomic E-state index is 0.429. The predicted octanol–water partition coefficient (Wildman–Crippen LogP) is 1.65. The molecule has 0 fully saturated rings. The fourth-order valence-corrected chi connectivity index (χ4v) is 1.30. The van der Waals surface area contributed by atoms with Crippen LogP contribution in [-0.2, 0) is 6.54 Å². The number of rotatable bonds is 4. The van der Waals surface area contributed by atoms with E-state index < -0.39 is 0 Å². The summed E-state index contributed by atoms with van der Waals surface area (Å²) < 4.78 is 5.21. The van der Waals surface area contributed by atoms with Gasteiger partial charge in [-0.25, -0.2) is 0 Å². The Balaban J connectivity index is 2.71. The largest absolute Gasteiger partial charge is 0.496 e. The van der Waals surface area contributed by atoms with Crippen molar-refractivity contribution in [3.63, 3.8) is 0 Å². The average Bonchev–Trinajstić information content (AvgIpc) is 2.19. The van der Waals surface area contributed by atoms with Crippen molar-refractivity contribution in [3.8, 4) is 11.8 Å². The first-order chi connectivity index (χ1) is 6.77. The molecule has 0 amide bonds. The van der Waals surface area contributed by atoms with Crippen molar-refractivity contribution in [2.75, 3.05) is 20.7 Å². The van der Waals surface area contributed by atoms with Crippen molar-refractivity contribution in [1.29, 1.82) is 5.26 Å². The third-order valence-electron chi connectivity index (χ3n) is 1.97. The zero-order valence-corrected chi connectivity index (χ0v) is 8.53. The quantitative estimate of drug-likeness (QED) is 0.677. The molecule has 0 aromatic heterocycles. The van der Waals surface area contributed by atoms with E-state index in [1.54, 1.807) is 7.11 Å². The van der Waals surface area contributed by atoms with E-state index in [0.717, 1.165) is 17.9 Å². The Morgan fingerprint density at radius 1 is 1.43 bits per heavy atom. The molecule has 0 saturated heterocycles. The van der Waals surface area contributed by atoms with E-state index in [-0.39, 0.29) is 0 Å². The Kier molecular flexibility index (Phi) is 3.96. The van der Waals surface area contributed by atoms with E-state index >= 15 is 0 Å². The monoisotopic (exact) mass is 190 g/mol. The normalized spacial score (nSPS) is 9.86. The van der Waals surface area contributed by atoms with E-state index in [2.05, 4.69) is 6.07 Å². The van der Waals surface area contributed by atoms with Crippen LogP contribution in [0, 0.1) is 11.3 Å². The summed E-state index contributed by atoms with van der Waals surface area (Å²) in [4.78, 5) is 1.94. The second-order valence-electron chi connectivity index (χ2n) is 3.14. The fraction of sp³-hybridized carbons (Fsp3) is 0.364. The number of para-hydroxylation sites is 1. The minimum absolute atomic E-state index is 0.429. The van der Waals surface area contributed by atoms with Crippen molar-refractivity contribution >= 4 is 0 Å². The highest BCUT2D eigenvalue weighted by molar-refractivity contribution is 5.33. The molecule has 0 aliphatic carbocycles. The zero-order chi connectivity index (χ0) is 10.4. The molecule has 0 bridgehead atoms. The lowest BCUT2D eigenvalue weighted by atomic mass is 10.2. The van der Waals surface area contributed by atoms with Gasteiger partial charge in [0.2, 0.25) is 0 Å². The number of benzene rings is 1. The second-order valence-corrected chi connectivity index (χ2v) is 3.14. The maximum Gasteiger partial charge on any atom is 0.123 e. The lowest BCUT2D eigenvalue weighted by Crippen LogP contribution is -2.18. The lowest BCUT2D eigenvalue weighted by Gasteiger charge is -2.14. The number of nitriles is 1. The standard InChI is InChI=1S/C11H14N2O/c1-13(8-7-12)9-10-5-3-4-6-11(10)14-2/h3-6H,8-9H2,1-2H3. The fourth-order valence-electron chi connectivity index (χ4n) is 1.30. The Morgan fingerprint density at radius 3 is 2.79 bits per heavy atom. The molecular formula is C11H14N2O. The number of hydrogen-bond donors (Lipinski definition) is 0. The molecule has 0 radical (unpaired) electrons. The number of nitrogens with zero attached hydrogens (tertiary/aromatic N) is 2. The number of methoxy groups -OCH3 is 1. The molecule has 0 heterocycles. The van der Waals surface area contributed by atoms with Gasteiger partial charge >= 0.3 is 0 Å². The van der Waals surface area contributed by atoms with E-state index in [4.69, 9.17) is 10.00 Å². The van der Waals surface area contributed by atoms with Crippen LogP contribution in [0.5, 0.6) is 5.75 Å². The van der Waals surface area contributed by atoms with Gasteiger partial charge in [-0.15, -0.1) is 0 Å². The molecule has 3 heteroatoms. The molecule has 14 heavy (non-hydrogen) atoms. The van der Waals surface area contributed by atoms with Crippen LogP contribution in [0.4, 0.5) is 0 Å². The van der Waals surface area contributed by atoms with Crippen molar-refractivity contribution < 1.29 is 4.74 Å². The van der Waals surface area contributed by atoms with Gasteiger partial charge in [-0.3, -0.25) is 4.90 Å². The number of ether oxygens (including phenoxy) is 1. The van der Waals surface area contributed by atoms with Crippen LogP contribution < -0.4 is 4.74 Å².